The Morgan fingerprint density at radius 2 is 1.80 bits per heavy atom. The monoisotopic (exact) mass is 260 g/mol. The van der Waals surface area contributed by atoms with Gasteiger partial charge in [0.05, 0.1) is 0 Å². The number of allylic oxidation sites excluding steroid dienone is 4. The Morgan fingerprint density at radius 3 is 2.00 bits per heavy atom. The fraction of sp³-hybridized carbons (Fsp3) is 0.0909. The summed E-state index contributed by atoms with van der Waals surface area (Å²) >= 11 is 1.06. The molecular weight excluding hydrogens is 251 g/mol. The molecule has 2 rings (SSSR count). The summed E-state index contributed by atoms with van der Waals surface area (Å²) in [4.78, 5) is 0. The molecule has 0 heterocycles. The van der Waals surface area contributed by atoms with E-state index in [-0.39, 0.29) is 18.2 Å². The van der Waals surface area contributed by atoms with Crippen LogP contribution in [-0.2, 0) is 21.0 Å². The molecule has 15 heavy (non-hydrogen) atoms. The van der Waals surface area contributed by atoms with Gasteiger partial charge < -0.3 is 17.5 Å². The third-order valence-electron chi connectivity index (χ3n) is 1.33. The zero-order valence-electron chi connectivity index (χ0n) is 7.97. The van der Waals surface area contributed by atoms with Crippen LogP contribution in [0, 0.1) is 6.08 Å². The fourth-order valence-corrected chi connectivity index (χ4v) is 0.761. The topological polar surface area (TPSA) is 40.1 Å². The number of halogens is 1. The standard InChI is InChI=1S/C6H6O.C5H5.ClH.O.V/c7-6-4-2-1-3-5-6;1-2-4-5-3-1;;;/h1-5,7H;1-3H,4H2;1H;;/q;-1;;;+2/p-2. The van der Waals surface area contributed by atoms with Crippen molar-refractivity contribution in [3.8, 4) is 5.75 Å². The Kier molecular flexibility index (Phi) is 14.6. The van der Waals surface area contributed by atoms with Gasteiger partial charge in [0.25, 0.3) is 0 Å². The molecule has 0 saturated carbocycles. The molecule has 4 heteroatoms. The molecule has 1 aromatic rings. The number of hydrogen-bond donors (Lipinski definition) is 0. The first-order valence-electron chi connectivity index (χ1n) is 4.01. The van der Waals surface area contributed by atoms with Gasteiger partial charge in [-0.05, 0) is 0 Å². The van der Waals surface area contributed by atoms with Crippen LogP contribution < -0.4 is 17.5 Å². The summed E-state index contributed by atoms with van der Waals surface area (Å²) in [6.07, 6.45) is 10.0. The quantitative estimate of drug-likeness (QED) is 0.559. The summed E-state index contributed by atoms with van der Waals surface area (Å²) in [7, 11) is 0. The van der Waals surface area contributed by atoms with Gasteiger partial charge in [-0.25, -0.2) is 12.2 Å². The van der Waals surface area contributed by atoms with E-state index < -0.39 is 0 Å². The second kappa shape index (κ2) is 13.2. The number of hydrogen-bond acceptors (Lipinski definition) is 2. The van der Waals surface area contributed by atoms with Crippen molar-refractivity contribution < 1.29 is 38.6 Å². The molecule has 0 amide bonds. The van der Waals surface area contributed by atoms with Gasteiger partial charge in [-0.3, -0.25) is 6.08 Å². The van der Waals surface area contributed by atoms with Crippen molar-refractivity contribution in [3.05, 3.63) is 54.6 Å². The summed E-state index contributed by atoms with van der Waals surface area (Å²) in [5.74, 6) is 0.0718. The van der Waals surface area contributed by atoms with E-state index in [0.29, 0.717) is 0 Å². The SMILES string of the molecule is [C-]1=CC=CC1.[Cl-].[O-]c1ccccc1.[O]=[V+2]. The van der Waals surface area contributed by atoms with Gasteiger partial charge in [0.15, 0.2) is 0 Å². The maximum atomic E-state index is 10.3. The average Bonchev–Trinajstić information content (AvgIpc) is 2.80. The summed E-state index contributed by atoms with van der Waals surface area (Å²) in [6, 6.07) is 8.33. The van der Waals surface area contributed by atoms with Gasteiger partial charge in [-0.15, -0.1) is 12.2 Å². The molecule has 1 aliphatic rings. The average molecular weight is 261 g/mol. The first-order valence-corrected chi connectivity index (χ1v) is 4.58. The van der Waals surface area contributed by atoms with E-state index in [1.807, 2.05) is 18.2 Å². The van der Waals surface area contributed by atoms with Crippen molar-refractivity contribution in [2.45, 2.75) is 6.42 Å². The molecule has 0 fully saturated rings. The molecule has 79 valence electrons. The molecule has 0 N–H and O–H groups in total. The van der Waals surface area contributed by atoms with Crippen molar-refractivity contribution in [3.63, 3.8) is 0 Å². The van der Waals surface area contributed by atoms with E-state index in [1.54, 1.807) is 12.1 Å². The van der Waals surface area contributed by atoms with Crippen LogP contribution in [0.15, 0.2) is 48.6 Å². The van der Waals surface area contributed by atoms with E-state index >= 15 is 0 Å². The van der Waals surface area contributed by atoms with E-state index in [0.717, 1.165) is 23.8 Å². The fourth-order valence-electron chi connectivity index (χ4n) is 0.761. The number of para-hydroxylation sites is 1. The van der Waals surface area contributed by atoms with Gasteiger partial charge in [0.2, 0.25) is 0 Å². The Labute approximate surface area is 105 Å². The molecular formula is C11H10ClO2V-. The van der Waals surface area contributed by atoms with Crippen LogP contribution in [0.1, 0.15) is 6.42 Å². The first kappa shape index (κ1) is 16.6. The summed E-state index contributed by atoms with van der Waals surface area (Å²) in [6.45, 7) is 0. The Bertz CT molecular complexity index is 276. The van der Waals surface area contributed by atoms with Crippen molar-refractivity contribution in [2.24, 2.45) is 0 Å². The molecule has 1 aromatic carbocycles. The molecule has 2 nitrogen and oxygen atoms in total. The minimum absolute atomic E-state index is 0. The van der Waals surface area contributed by atoms with Crippen molar-refractivity contribution >= 4 is 0 Å². The third-order valence-corrected chi connectivity index (χ3v) is 1.33. The number of benzene rings is 1. The zero-order valence-corrected chi connectivity index (χ0v) is 10.1. The third kappa shape index (κ3) is 11.1. The van der Waals surface area contributed by atoms with Crippen LogP contribution in [0.25, 0.3) is 0 Å². The Morgan fingerprint density at radius 1 is 1.20 bits per heavy atom. The van der Waals surface area contributed by atoms with Crippen LogP contribution in [0.5, 0.6) is 5.75 Å². The van der Waals surface area contributed by atoms with E-state index in [9.17, 15) is 5.11 Å². The van der Waals surface area contributed by atoms with Crippen LogP contribution >= 0.6 is 0 Å². The normalized spacial score (nSPS) is 10.3. The predicted octanol–water partition coefficient (Wildman–Crippen LogP) is -1.05. The van der Waals surface area contributed by atoms with Gasteiger partial charge in [-0.2, -0.15) is 6.08 Å². The van der Waals surface area contributed by atoms with Gasteiger partial charge >= 0.3 is 21.0 Å². The minimum atomic E-state index is 0. The molecule has 0 saturated heterocycles. The van der Waals surface area contributed by atoms with Crippen molar-refractivity contribution in [1.29, 1.82) is 0 Å². The molecule has 0 spiro atoms. The Hall–Kier alpha value is -0.826. The van der Waals surface area contributed by atoms with Crippen LogP contribution in [-0.4, -0.2) is 0 Å². The van der Waals surface area contributed by atoms with E-state index in [1.165, 1.54) is 12.1 Å². The maximum absolute atomic E-state index is 10.3. The molecule has 0 unspecified atom stereocenters. The van der Waals surface area contributed by atoms with Gasteiger partial charge in [-0.1, -0.05) is 30.3 Å². The predicted molar refractivity (Wildman–Crippen MR) is 48.1 cm³/mol. The molecule has 0 aliphatic heterocycles. The molecule has 0 aromatic heterocycles. The van der Waals surface area contributed by atoms with Crippen LogP contribution in [0.3, 0.4) is 0 Å². The number of rotatable bonds is 0. The van der Waals surface area contributed by atoms with E-state index in [2.05, 4.69) is 12.2 Å². The van der Waals surface area contributed by atoms with Gasteiger partial charge in [0, 0.05) is 0 Å². The van der Waals surface area contributed by atoms with E-state index in [4.69, 9.17) is 3.67 Å². The van der Waals surface area contributed by atoms with Gasteiger partial charge in [0.1, 0.15) is 0 Å². The molecule has 0 atom stereocenters. The molecule has 0 radical (unpaired) electrons. The Balaban J connectivity index is 0. The van der Waals surface area contributed by atoms with Crippen molar-refractivity contribution in [1.82, 2.24) is 0 Å². The first-order chi connectivity index (χ1) is 6.89. The molecule has 0 bridgehead atoms. The molecule has 1 aliphatic carbocycles. The summed E-state index contributed by atoms with van der Waals surface area (Å²) < 4.78 is 8.19. The second-order valence-corrected chi connectivity index (χ2v) is 2.32. The second-order valence-electron chi connectivity index (χ2n) is 2.32. The summed E-state index contributed by atoms with van der Waals surface area (Å²) in [5, 5.41) is 10.3. The zero-order chi connectivity index (χ0) is 10.6. The van der Waals surface area contributed by atoms with Crippen LogP contribution in [0.2, 0.25) is 0 Å². The van der Waals surface area contributed by atoms with Crippen molar-refractivity contribution in [2.75, 3.05) is 0 Å². The summed E-state index contributed by atoms with van der Waals surface area (Å²) in [5.41, 5.74) is 0. The van der Waals surface area contributed by atoms with Crippen LogP contribution in [0.4, 0.5) is 0 Å².